The van der Waals surface area contributed by atoms with Gasteiger partial charge in [-0.2, -0.15) is 0 Å². The van der Waals surface area contributed by atoms with E-state index in [0.717, 1.165) is 11.1 Å². The highest BCUT2D eigenvalue weighted by Crippen LogP contribution is 2.14. The Labute approximate surface area is 124 Å². The average Bonchev–Trinajstić information content (AvgIpc) is 2.44. The van der Waals surface area contributed by atoms with Gasteiger partial charge in [0.2, 0.25) is 0 Å². The summed E-state index contributed by atoms with van der Waals surface area (Å²) in [4.78, 5) is 11.7. The summed E-state index contributed by atoms with van der Waals surface area (Å²) < 4.78 is 4.92. The number of methoxy groups -OCH3 is 1. The maximum Gasteiger partial charge on any atom is 0.315 e. The number of aliphatic hydroxyl groups excluding tert-OH is 1. The fourth-order valence-corrected chi connectivity index (χ4v) is 1.91. The molecule has 5 nitrogen and oxygen atoms in total. The smallest absolute Gasteiger partial charge is 0.315 e. The number of aliphatic hydroxyl groups is 1. The fraction of sp³-hybridized carbons (Fsp3) is 0.500. The van der Waals surface area contributed by atoms with E-state index in [4.69, 9.17) is 21.4 Å². The Morgan fingerprint density at radius 1 is 1.50 bits per heavy atom. The molecule has 0 bridgehead atoms. The Balaban J connectivity index is 2.44. The number of carbonyl (C=O) groups is 1. The van der Waals surface area contributed by atoms with E-state index in [0.29, 0.717) is 24.6 Å². The monoisotopic (exact) mass is 300 g/mol. The van der Waals surface area contributed by atoms with Crippen molar-refractivity contribution in [1.29, 1.82) is 0 Å². The lowest BCUT2D eigenvalue weighted by Crippen LogP contribution is -2.44. The summed E-state index contributed by atoms with van der Waals surface area (Å²) in [5, 5.41) is 15.2. The lowest BCUT2D eigenvalue weighted by molar-refractivity contribution is 0.159. The van der Waals surface area contributed by atoms with Gasteiger partial charge in [0.05, 0.1) is 12.6 Å². The van der Waals surface area contributed by atoms with E-state index in [1.807, 2.05) is 25.1 Å². The van der Waals surface area contributed by atoms with Gasteiger partial charge in [-0.15, -0.1) is 0 Å². The molecule has 20 heavy (non-hydrogen) atoms. The van der Waals surface area contributed by atoms with Crippen LogP contribution in [0.1, 0.15) is 17.5 Å². The van der Waals surface area contributed by atoms with Crippen molar-refractivity contribution < 1.29 is 14.6 Å². The van der Waals surface area contributed by atoms with E-state index in [1.165, 1.54) is 0 Å². The lowest BCUT2D eigenvalue weighted by atomic mass is 10.1. The number of aryl methyl sites for hydroxylation is 1. The quantitative estimate of drug-likeness (QED) is 0.719. The number of urea groups is 1. The third-order valence-electron chi connectivity index (χ3n) is 2.98. The van der Waals surface area contributed by atoms with Crippen molar-refractivity contribution in [3.63, 3.8) is 0 Å². The van der Waals surface area contributed by atoms with E-state index < -0.39 is 0 Å². The Morgan fingerprint density at radius 2 is 2.25 bits per heavy atom. The third kappa shape index (κ3) is 5.77. The van der Waals surface area contributed by atoms with Crippen LogP contribution in [0.2, 0.25) is 5.02 Å². The van der Waals surface area contributed by atoms with Crippen LogP contribution in [0.25, 0.3) is 0 Å². The van der Waals surface area contributed by atoms with Gasteiger partial charge < -0.3 is 20.5 Å². The molecule has 0 spiro atoms. The summed E-state index contributed by atoms with van der Waals surface area (Å²) in [5.41, 5.74) is 2.03. The van der Waals surface area contributed by atoms with E-state index in [-0.39, 0.29) is 18.7 Å². The number of rotatable bonds is 7. The molecule has 112 valence electrons. The molecule has 2 amide bonds. The zero-order valence-electron chi connectivity index (χ0n) is 11.8. The molecule has 3 N–H and O–H groups in total. The number of benzene rings is 1. The van der Waals surface area contributed by atoms with E-state index in [2.05, 4.69) is 10.6 Å². The van der Waals surface area contributed by atoms with E-state index in [1.54, 1.807) is 7.11 Å². The van der Waals surface area contributed by atoms with Crippen molar-refractivity contribution in [2.45, 2.75) is 25.9 Å². The molecule has 0 aliphatic heterocycles. The molecule has 6 heteroatoms. The van der Waals surface area contributed by atoms with Crippen LogP contribution in [-0.4, -0.2) is 37.5 Å². The topological polar surface area (TPSA) is 70.6 Å². The van der Waals surface area contributed by atoms with Crippen molar-refractivity contribution in [2.75, 3.05) is 20.3 Å². The zero-order valence-corrected chi connectivity index (χ0v) is 12.5. The highest BCUT2D eigenvalue weighted by Gasteiger charge is 2.11. The van der Waals surface area contributed by atoms with Crippen LogP contribution < -0.4 is 10.6 Å². The molecule has 0 unspecified atom stereocenters. The van der Waals surface area contributed by atoms with Gasteiger partial charge in [0.15, 0.2) is 0 Å². The highest BCUT2D eigenvalue weighted by molar-refractivity contribution is 6.30. The molecule has 0 saturated heterocycles. The third-order valence-corrected chi connectivity index (χ3v) is 3.21. The molecular weight excluding hydrogens is 280 g/mol. The summed E-state index contributed by atoms with van der Waals surface area (Å²) in [6.07, 6.45) is 0.566. The fourth-order valence-electron chi connectivity index (χ4n) is 1.71. The maximum absolute atomic E-state index is 11.7. The number of nitrogens with one attached hydrogen (secondary N) is 2. The molecule has 0 heterocycles. The maximum atomic E-state index is 11.7. The van der Waals surface area contributed by atoms with Crippen molar-refractivity contribution in [3.8, 4) is 0 Å². The predicted octanol–water partition coefficient (Wildman–Crippen LogP) is 1.85. The van der Waals surface area contributed by atoms with Crippen LogP contribution in [0.15, 0.2) is 18.2 Å². The standard InChI is InChI=1S/C14H21ClN2O3/c1-10-3-4-12(15)7-11(10)8-16-14(19)17-13(9-18)5-6-20-2/h3-4,7,13,18H,5-6,8-9H2,1-2H3,(H2,16,17,19)/t13-/m0/s1. The largest absolute Gasteiger partial charge is 0.394 e. The molecule has 0 saturated carbocycles. The molecule has 1 aromatic carbocycles. The van der Waals surface area contributed by atoms with E-state index in [9.17, 15) is 4.79 Å². The van der Waals surface area contributed by atoms with Gasteiger partial charge >= 0.3 is 6.03 Å². The molecule has 0 aliphatic rings. The lowest BCUT2D eigenvalue weighted by Gasteiger charge is -2.16. The Morgan fingerprint density at radius 3 is 2.90 bits per heavy atom. The predicted molar refractivity (Wildman–Crippen MR) is 78.9 cm³/mol. The van der Waals surface area contributed by atoms with Crippen LogP contribution in [0, 0.1) is 6.92 Å². The first kappa shape index (κ1) is 16.8. The van der Waals surface area contributed by atoms with Crippen molar-refractivity contribution in [3.05, 3.63) is 34.3 Å². The summed E-state index contributed by atoms with van der Waals surface area (Å²) in [6.45, 7) is 2.72. The first-order valence-electron chi connectivity index (χ1n) is 6.46. The number of ether oxygens (including phenoxy) is 1. The van der Waals surface area contributed by atoms with Crippen molar-refractivity contribution >= 4 is 17.6 Å². The second-order valence-corrected chi connectivity index (χ2v) is 5.00. The number of halogens is 1. The summed E-state index contributed by atoms with van der Waals surface area (Å²) >= 11 is 5.92. The van der Waals surface area contributed by atoms with Gasteiger partial charge in [0.25, 0.3) is 0 Å². The second kappa shape index (κ2) is 8.79. The van der Waals surface area contributed by atoms with Crippen LogP contribution in [-0.2, 0) is 11.3 Å². The molecule has 1 atom stereocenters. The SMILES string of the molecule is COCC[C@@H](CO)NC(=O)NCc1cc(Cl)ccc1C. The van der Waals surface area contributed by atoms with Gasteiger partial charge in [-0.1, -0.05) is 17.7 Å². The molecular formula is C14H21ClN2O3. The minimum atomic E-state index is -0.320. The second-order valence-electron chi connectivity index (χ2n) is 4.56. The first-order chi connectivity index (χ1) is 9.56. The number of hydrogen-bond acceptors (Lipinski definition) is 3. The molecule has 0 aliphatic carbocycles. The van der Waals surface area contributed by atoms with Crippen LogP contribution >= 0.6 is 11.6 Å². The van der Waals surface area contributed by atoms with Gasteiger partial charge in [0.1, 0.15) is 0 Å². The summed E-state index contributed by atoms with van der Waals surface area (Å²) in [6, 6.07) is 4.92. The molecule has 0 aromatic heterocycles. The minimum Gasteiger partial charge on any atom is -0.394 e. The molecule has 1 aromatic rings. The number of hydrogen-bond donors (Lipinski definition) is 3. The number of amides is 2. The Hall–Kier alpha value is -1.30. The summed E-state index contributed by atoms with van der Waals surface area (Å²) in [7, 11) is 1.58. The average molecular weight is 301 g/mol. The van der Waals surface area contributed by atoms with Crippen LogP contribution in [0.3, 0.4) is 0 Å². The molecule has 1 rings (SSSR count). The van der Waals surface area contributed by atoms with Crippen molar-refractivity contribution in [1.82, 2.24) is 10.6 Å². The highest BCUT2D eigenvalue weighted by atomic mass is 35.5. The van der Waals surface area contributed by atoms with Crippen LogP contribution in [0.5, 0.6) is 0 Å². The number of carbonyl (C=O) groups excluding carboxylic acids is 1. The van der Waals surface area contributed by atoms with Gasteiger partial charge in [-0.3, -0.25) is 0 Å². The molecule has 0 fully saturated rings. The van der Waals surface area contributed by atoms with Gasteiger partial charge in [-0.25, -0.2) is 4.79 Å². The minimum absolute atomic E-state index is 0.118. The first-order valence-corrected chi connectivity index (χ1v) is 6.83. The van der Waals surface area contributed by atoms with Crippen LogP contribution in [0.4, 0.5) is 4.79 Å². The van der Waals surface area contributed by atoms with Crippen molar-refractivity contribution in [2.24, 2.45) is 0 Å². The Bertz CT molecular complexity index is 440. The summed E-state index contributed by atoms with van der Waals surface area (Å²) in [5.74, 6) is 0. The Kier molecular flexibility index (Phi) is 7.36. The van der Waals surface area contributed by atoms with E-state index >= 15 is 0 Å². The normalized spacial score (nSPS) is 12.0. The zero-order chi connectivity index (χ0) is 15.0. The van der Waals surface area contributed by atoms with Gasteiger partial charge in [0, 0.05) is 25.3 Å². The molecule has 0 radical (unpaired) electrons. The van der Waals surface area contributed by atoms with Gasteiger partial charge in [-0.05, 0) is 36.6 Å².